The fourth-order valence-corrected chi connectivity index (χ4v) is 6.66. The van der Waals surface area contributed by atoms with Crippen molar-refractivity contribution in [2.75, 3.05) is 12.0 Å². The van der Waals surface area contributed by atoms with Crippen molar-refractivity contribution in [3.05, 3.63) is 101 Å². The van der Waals surface area contributed by atoms with Crippen LogP contribution in [0.1, 0.15) is 30.9 Å². The molecule has 1 heterocycles. The summed E-state index contributed by atoms with van der Waals surface area (Å²) < 4.78 is 5.23. The summed E-state index contributed by atoms with van der Waals surface area (Å²) in [6.45, 7) is 5.40. The summed E-state index contributed by atoms with van der Waals surface area (Å²) in [5, 5.41) is 10.00. The van der Waals surface area contributed by atoms with E-state index in [0.29, 0.717) is 34.6 Å². The van der Waals surface area contributed by atoms with Gasteiger partial charge in [-0.3, -0.25) is 24.1 Å². The third-order valence-electron chi connectivity index (χ3n) is 8.68. The lowest BCUT2D eigenvalue weighted by Crippen LogP contribution is -2.40. The van der Waals surface area contributed by atoms with E-state index >= 15 is 0 Å². The molecule has 41 heavy (non-hydrogen) atoms. The zero-order chi connectivity index (χ0) is 29.0. The third kappa shape index (κ3) is 4.20. The average Bonchev–Trinajstić information content (AvgIpc) is 3.24. The number of allylic oxidation sites excluding steroid dienone is 7. The second-order valence-corrected chi connectivity index (χ2v) is 10.9. The molecule has 4 unspecified atom stereocenters. The first-order valence-electron chi connectivity index (χ1n) is 13.6. The lowest BCUT2D eigenvalue weighted by molar-refractivity contribution is -0.123. The normalized spacial score (nSPS) is 25.6. The molecule has 7 heteroatoms. The highest BCUT2D eigenvalue weighted by atomic mass is 16.5. The molecule has 4 aliphatic rings. The van der Waals surface area contributed by atoms with Crippen LogP contribution in [0.2, 0.25) is 0 Å². The molecule has 206 valence electrons. The first kappa shape index (κ1) is 26.4. The number of amides is 2. The number of fused-ring (bicyclic) bond motifs is 3. The second kappa shape index (κ2) is 10.0. The number of carbonyl (C=O) groups excluding carboxylic acids is 4. The number of nitrogens with zero attached hydrogens (tertiary/aromatic N) is 1. The smallest absolute Gasteiger partial charge is 0.238 e. The van der Waals surface area contributed by atoms with E-state index in [1.165, 1.54) is 24.2 Å². The Balaban J connectivity index is 1.41. The number of ether oxygens (including phenoxy) is 1. The molecule has 0 aromatic heterocycles. The number of carbonyl (C=O) groups is 4. The van der Waals surface area contributed by atoms with Crippen molar-refractivity contribution in [2.24, 2.45) is 23.7 Å². The van der Waals surface area contributed by atoms with Crippen molar-refractivity contribution in [3.8, 4) is 11.5 Å². The van der Waals surface area contributed by atoms with Gasteiger partial charge in [0.2, 0.25) is 11.8 Å². The summed E-state index contributed by atoms with van der Waals surface area (Å²) in [5.41, 5.74) is 4.24. The second-order valence-electron chi connectivity index (χ2n) is 10.9. The monoisotopic (exact) mass is 547 g/mol. The highest BCUT2D eigenvalue weighted by Gasteiger charge is 2.56. The molecule has 0 bridgehead atoms. The summed E-state index contributed by atoms with van der Waals surface area (Å²) in [6, 6.07) is 12.0. The number of ketones is 2. The Morgan fingerprint density at radius 1 is 1.00 bits per heavy atom. The number of phenolic OH excluding ortho intramolecular Hbond substituents is 1. The van der Waals surface area contributed by atoms with E-state index in [9.17, 15) is 24.3 Å². The molecule has 0 saturated carbocycles. The first-order chi connectivity index (χ1) is 19.7. The Labute approximate surface area is 237 Å². The maximum atomic E-state index is 13.9. The zero-order valence-electron chi connectivity index (χ0n) is 22.8. The molecule has 1 aliphatic heterocycles. The lowest BCUT2D eigenvalue weighted by Gasteiger charge is -2.41. The van der Waals surface area contributed by atoms with Crippen LogP contribution in [0.4, 0.5) is 5.69 Å². The number of rotatable bonds is 5. The highest BCUT2D eigenvalue weighted by Crippen LogP contribution is 2.53. The van der Waals surface area contributed by atoms with Crippen molar-refractivity contribution < 1.29 is 29.0 Å². The number of hydrogen-bond acceptors (Lipinski definition) is 6. The van der Waals surface area contributed by atoms with E-state index in [0.717, 1.165) is 16.7 Å². The van der Waals surface area contributed by atoms with Crippen molar-refractivity contribution >= 4 is 41.2 Å². The molecule has 4 atom stereocenters. The minimum atomic E-state index is -0.629. The molecule has 1 N–H and O–H groups in total. The van der Waals surface area contributed by atoms with Gasteiger partial charge >= 0.3 is 0 Å². The van der Waals surface area contributed by atoms with Gasteiger partial charge in [-0.1, -0.05) is 54.7 Å². The van der Waals surface area contributed by atoms with Crippen molar-refractivity contribution in [2.45, 2.75) is 19.8 Å². The van der Waals surface area contributed by atoms with Crippen molar-refractivity contribution in [3.63, 3.8) is 0 Å². The molecule has 6 rings (SSSR count). The van der Waals surface area contributed by atoms with Gasteiger partial charge in [-0.2, -0.15) is 0 Å². The molecule has 3 aliphatic carbocycles. The minimum Gasteiger partial charge on any atom is -0.504 e. The van der Waals surface area contributed by atoms with Gasteiger partial charge in [-0.25, -0.2) is 0 Å². The van der Waals surface area contributed by atoms with Crippen LogP contribution in [0.15, 0.2) is 89.6 Å². The first-order valence-corrected chi connectivity index (χ1v) is 13.6. The fraction of sp³-hybridized carbons (Fsp3) is 0.235. The van der Waals surface area contributed by atoms with Crippen LogP contribution in [0.25, 0.3) is 12.2 Å². The Morgan fingerprint density at radius 2 is 1.73 bits per heavy atom. The summed E-state index contributed by atoms with van der Waals surface area (Å²) in [4.78, 5) is 55.5. The highest BCUT2D eigenvalue weighted by molar-refractivity contribution is 6.24. The van der Waals surface area contributed by atoms with Crippen LogP contribution >= 0.6 is 0 Å². The number of Topliss-reactive ketones (excluding diaryl/α,β-unsaturated/α-hetero) is 1. The van der Waals surface area contributed by atoms with E-state index in [4.69, 9.17) is 4.74 Å². The summed E-state index contributed by atoms with van der Waals surface area (Å²) in [7, 11) is 1.47. The predicted octanol–water partition coefficient (Wildman–Crippen LogP) is 5.22. The molecular formula is C34H29NO6. The van der Waals surface area contributed by atoms with Gasteiger partial charge in [0, 0.05) is 22.6 Å². The number of hydrogen-bond donors (Lipinski definition) is 1. The minimum absolute atomic E-state index is 0.00956. The molecule has 0 radical (unpaired) electrons. The molecule has 2 aromatic carbocycles. The largest absolute Gasteiger partial charge is 0.504 e. The van der Waals surface area contributed by atoms with Gasteiger partial charge in [0.05, 0.1) is 24.6 Å². The lowest BCUT2D eigenvalue weighted by atomic mass is 9.60. The van der Waals surface area contributed by atoms with E-state index in [1.807, 2.05) is 30.4 Å². The van der Waals surface area contributed by atoms with Crippen LogP contribution in [-0.4, -0.2) is 35.6 Å². The quantitative estimate of drug-likeness (QED) is 0.313. The molecule has 0 spiro atoms. The maximum Gasteiger partial charge on any atom is 0.238 e. The standard InChI is InChI=1S/C34H29NO6/c1-4-19-5-9-21(10-6-19)35-33(39)24-13-12-22-23(11-7-20-8-14-27(36)29(16-20)41-3)30-26(17-25(22)31(24)34(35)40)28(37)15-18(2)32(30)38/h4-12,14-16,23-25,31,36H,1,13,17H2,2-3H3. The Hall–Kier alpha value is -4.78. The number of imide groups is 1. The fourth-order valence-electron chi connectivity index (χ4n) is 6.66. The topological polar surface area (TPSA) is 101 Å². The van der Waals surface area contributed by atoms with E-state index in [1.54, 1.807) is 37.3 Å². The van der Waals surface area contributed by atoms with Gasteiger partial charge in [-0.05, 0) is 67.2 Å². The SMILES string of the molecule is C=Cc1ccc(N2C(=O)C3CC=C4C(C=Cc5ccc(O)c(OC)c5)C5=C(CC4C3C2=O)C(=O)C=C(C)C5=O)cc1. The van der Waals surface area contributed by atoms with Gasteiger partial charge in [-0.15, -0.1) is 0 Å². The molecule has 1 saturated heterocycles. The molecule has 2 amide bonds. The number of phenols is 1. The van der Waals surface area contributed by atoms with Gasteiger partial charge in [0.15, 0.2) is 23.1 Å². The van der Waals surface area contributed by atoms with Crippen LogP contribution in [0.5, 0.6) is 11.5 Å². The summed E-state index contributed by atoms with van der Waals surface area (Å²) >= 11 is 0. The summed E-state index contributed by atoms with van der Waals surface area (Å²) in [5.74, 6) is -2.70. The van der Waals surface area contributed by atoms with Gasteiger partial charge in [0.25, 0.3) is 0 Å². The van der Waals surface area contributed by atoms with E-state index in [2.05, 4.69) is 6.58 Å². The number of methoxy groups -OCH3 is 1. The van der Waals surface area contributed by atoms with Gasteiger partial charge in [0.1, 0.15) is 0 Å². The van der Waals surface area contributed by atoms with E-state index < -0.39 is 23.7 Å². The molecule has 1 fully saturated rings. The number of anilines is 1. The Kier molecular flexibility index (Phi) is 6.45. The van der Waals surface area contributed by atoms with Gasteiger partial charge < -0.3 is 9.84 Å². The zero-order valence-corrected chi connectivity index (χ0v) is 22.8. The molecular weight excluding hydrogens is 518 g/mol. The van der Waals surface area contributed by atoms with Crippen molar-refractivity contribution in [1.82, 2.24) is 0 Å². The van der Waals surface area contributed by atoms with Crippen LogP contribution in [0, 0.1) is 23.7 Å². The maximum absolute atomic E-state index is 13.9. The summed E-state index contributed by atoms with van der Waals surface area (Å²) in [6.07, 6.45) is 9.36. The predicted molar refractivity (Wildman–Crippen MR) is 155 cm³/mol. The molecule has 7 nitrogen and oxygen atoms in total. The van der Waals surface area contributed by atoms with Crippen LogP contribution in [-0.2, 0) is 19.2 Å². The number of aromatic hydroxyl groups is 1. The Bertz CT molecular complexity index is 1650. The van der Waals surface area contributed by atoms with Crippen LogP contribution in [0.3, 0.4) is 0 Å². The number of benzene rings is 2. The van der Waals surface area contributed by atoms with Crippen LogP contribution < -0.4 is 9.64 Å². The average molecular weight is 548 g/mol. The van der Waals surface area contributed by atoms with E-state index in [-0.39, 0.29) is 35.6 Å². The molecule has 2 aromatic rings. The Morgan fingerprint density at radius 3 is 2.44 bits per heavy atom. The third-order valence-corrected chi connectivity index (χ3v) is 8.68. The van der Waals surface area contributed by atoms with Crippen molar-refractivity contribution in [1.29, 1.82) is 0 Å².